The molecule has 2 unspecified atom stereocenters. The number of hydrogen-bond acceptors (Lipinski definition) is 3. The van der Waals surface area contributed by atoms with Crippen LogP contribution in [-0.2, 0) is 4.79 Å². The molecule has 0 radical (unpaired) electrons. The van der Waals surface area contributed by atoms with Crippen molar-refractivity contribution in [2.75, 3.05) is 25.6 Å². The first-order valence-corrected chi connectivity index (χ1v) is 8.44. The molecule has 0 aromatic rings. The summed E-state index contributed by atoms with van der Waals surface area (Å²) in [7, 11) is 3.69. The van der Waals surface area contributed by atoms with Crippen molar-refractivity contribution in [2.24, 2.45) is 11.3 Å². The third-order valence-electron chi connectivity index (χ3n) is 3.97. The number of thioether (sulfide) groups is 1. The largest absolute Gasteiger partial charge is 0.347 e. The second-order valence-corrected chi connectivity index (χ2v) is 8.10. The van der Waals surface area contributed by atoms with E-state index in [1.165, 1.54) is 12.2 Å². The predicted octanol–water partition coefficient (Wildman–Crippen LogP) is 2.61. The van der Waals surface area contributed by atoms with Gasteiger partial charge in [0.15, 0.2) is 0 Å². The lowest BCUT2D eigenvalue weighted by atomic mass is 9.81. The van der Waals surface area contributed by atoms with Crippen molar-refractivity contribution in [3.05, 3.63) is 0 Å². The number of carbonyl (C=O) groups is 1. The van der Waals surface area contributed by atoms with Crippen molar-refractivity contribution in [1.29, 1.82) is 0 Å². The third kappa shape index (κ3) is 4.99. The molecule has 0 aliphatic carbocycles. The summed E-state index contributed by atoms with van der Waals surface area (Å²) in [5, 5.41) is 3.65. The van der Waals surface area contributed by atoms with E-state index in [2.05, 4.69) is 33.0 Å². The van der Waals surface area contributed by atoms with Crippen LogP contribution < -0.4 is 5.32 Å². The van der Waals surface area contributed by atoms with Crippen molar-refractivity contribution in [1.82, 2.24) is 10.2 Å². The van der Waals surface area contributed by atoms with E-state index < -0.39 is 0 Å². The minimum atomic E-state index is -0.0435. The molecule has 1 N–H and O–H groups in total. The molecule has 0 aromatic heterocycles. The number of rotatable bonds is 5. The van der Waals surface area contributed by atoms with Gasteiger partial charge in [0.1, 0.15) is 0 Å². The fraction of sp³-hybridized carbons (Fsp3) is 0.933. The van der Waals surface area contributed by atoms with Crippen LogP contribution in [0.25, 0.3) is 0 Å². The van der Waals surface area contributed by atoms with Gasteiger partial charge in [-0.15, -0.1) is 0 Å². The standard InChI is InChI=1S/C15H30N2OS/c1-11(2)9-12(14(18)17(5)6)16-13-10-19-8-7-15(13,3)4/h11-13,16H,7-10H2,1-6H3. The summed E-state index contributed by atoms with van der Waals surface area (Å²) in [5.41, 5.74) is 0.285. The molecule has 0 aromatic carbocycles. The Morgan fingerprint density at radius 2 is 2.05 bits per heavy atom. The Morgan fingerprint density at radius 3 is 2.53 bits per heavy atom. The molecule has 0 bridgehead atoms. The summed E-state index contributed by atoms with van der Waals surface area (Å²) >= 11 is 2.00. The maximum atomic E-state index is 12.3. The smallest absolute Gasteiger partial charge is 0.239 e. The fourth-order valence-corrected chi connectivity index (χ4v) is 4.10. The molecule has 3 nitrogen and oxygen atoms in total. The van der Waals surface area contributed by atoms with E-state index in [-0.39, 0.29) is 17.4 Å². The lowest BCUT2D eigenvalue weighted by Gasteiger charge is -2.41. The van der Waals surface area contributed by atoms with Gasteiger partial charge in [0.2, 0.25) is 5.91 Å². The SMILES string of the molecule is CC(C)CC(NC1CSCCC1(C)C)C(=O)N(C)C. The average Bonchev–Trinajstić information content (AvgIpc) is 2.28. The van der Waals surface area contributed by atoms with E-state index in [0.717, 1.165) is 12.2 Å². The zero-order valence-electron chi connectivity index (χ0n) is 13.3. The van der Waals surface area contributed by atoms with Crippen LogP contribution in [0.1, 0.15) is 40.5 Å². The summed E-state index contributed by atoms with van der Waals surface area (Å²) in [4.78, 5) is 14.0. The monoisotopic (exact) mass is 286 g/mol. The van der Waals surface area contributed by atoms with E-state index in [1.54, 1.807) is 4.90 Å². The molecule has 112 valence electrons. The maximum Gasteiger partial charge on any atom is 0.239 e. The van der Waals surface area contributed by atoms with Gasteiger partial charge in [-0.1, -0.05) is 27.7 Å². The van der Waals surface area contributed by atoms with Crippen molar-refractivity contribution in [3.63, 3.8) is 0 Å². The van der Waals surface area contributed by atoms with Gasteiger partial charge in [0.25, 0.3) is 0 Å². The second-order valence-electron chi connectivity index (χ2n) is 6.95. The Morgan fingerprint density at radius 1 is 1.42 bits per heavy atom. The highest BCUT2D eigenvalue weighted by atomic mass is 32.2. The van der Waals surface area contributed by atoms with E-state index in [0.29, 0.717) is 12.0 Å². The molecular formula is C15H30N2OS. The highest BCUT2D eigenvalue weighted by molar-refractivity contribution is 7.99. The Hall–Kier alpha value is -0.220. The van der Waals surface area contributed by atoms with Crippen LogP contribution in [0, 0.1) is 11.3 Å². The fourth-order valence-electron chi connectivity index (χ4n) is 2.48. The molecule has 1 rings (SSSR count). The van der Waals surface area contributed by atoms with E-state index in [9.17, 15) is 4.79 Å². The Labute approximate surface area is 122 Å². The molecular weight excluding hydrogens is 256 g/mol. The minimum Gasteiger partial charge on any atom is -0.347 e. The van der Waals surface area contributed by atoms with Crippen LogP contribution in [0.2, 0.25) is 0 Å². The Bertz CT molecular complexity index is 303. The maximum absolute atomic E-state index is 12.3. The molecule has 4 heteroatoms. The molecule has 1 heterocycles. The van der Waals surface area contributed by atoms with Gasteiger partial charge in [-0.25, -0.2) is 0 Å². The topological polar surface area (TPSA) is 32.3 Å². The van der Waals surface area contributed by atoms with E-state index in [4.69, 9.17) is 0 Å². The van der Waals surface area contributed by atoms with Gasteiger partial charge in [-0.3, -0.25) is 4.79 Å². The summed E-state index contributed by atoms with van der Waals surface area (Å²) in [5.74, 6) is 3.09. The number of nitrogens with one attached hydrogen (secondary N) is 1. The van der Waals surface area contributed by atoms with Gasteiger partial charge in [-0.05, 0) is 29.9 Å². The number of nitrogens with zero attached hydrogens (tertiary/aromatic N) is 1. The van der Waals surface area contributed by atoms with Crippen LogP contribution in [-0.4, -0.2) is 48.5 Å². The van der Waals surface area contributed by atoms with Gasteiger partial charge in [0.05, 0.1) is 6.04 Å². The highest BCUT2D eigenvalue weighted by Crippen LogP contribution is 2.34. The third-order valence-corrected chi connectivity index (χ3v) is 5.03. The van der Waals surface area contributed by atoms with Crippen LogP contribution in [0.3, 0.4) is 0 Å². The van der Waals surface area contributed by atoms with Gasteiger partial charge >= 0.3 is 0 Å². The zero-order valence-corrected chi connectivity index (χ0v) is 14.1. The number of likely N-dealkylation sites (N-methyl/N-ethyl adjacent to an activating group) is 1. The van der Waals surface area contributed by atoms with Crippen LogP contribution in [0.4, 0.5) is 0 Å². The first-order valence-electron chi connectivity index (χ1n) is 7.29. The van der Waals surface area contributed by atoms with Gasteiger partial charge in [-0.2, -0.15) is 11.8 Å². The molecule has 0 spiro atoms. The second kappa shape index (κ2) is 6.98. The molecule has 0 saturated carbocycles. The first kappa shape index (κ1) is 16.8. The molecule has 1 aliphatic rings. The summed E-state index contributed by atoms with van der Waals surface area (Å²) in [6.07, 6.45) is 2.13. The molecule has 19 heavy (non-hydrogen) atoms. The predicted molar refractivity (Wildman–Crippen MR) is 84.6 cm³/mol. The quantitative estimate of drug-likeness (QED) is 0.843. The van der Waals surface area contributed by atoms with Crippen LogP contribution in [0.5, 0.6) is 0 Å². The summed E-state index contributed by atoms with van der Waals surface area (Å²) in [6, 6.07) is 0.386. The molecule has 1 fully saturated rings. The highest BCUT2D eigenvalue weighted by Gasteiger charge is 2.35. The van der Waals surface area contributed by atoms with Gasteiger partial charge in [0, 0.05) is 25.9 Å². The van der Waals surface area contributed by atoms with Crippen LogP contribution in [0.15, 0.2) is 0 Å². The number of hydrogen-bond donors (Lipinski definition) is 1. The summed E-state index contributed by atoms with van der Waals surface area (Å²) < 4.78 is 0. The van der Waals surface area contributed by atoms with E-state index >= 15 is 0 Å². The van der Waals surface area contributed by atoms with Crippen molar-refractivity contribution < 1.29 is 4.79 Å². The Balaban J connectivity index is 2.73. The lowest BCUT2D eigenvalue weighted by Crippen LogP contribution is -2.55. The van der Waals surface area contributed by atoms with Crippen molar-refractivity contribution in [2.45, 2.75) is 52.6 Å². The average molecular weight is 286 g/mol. The molecule has 1 amide bonds. The van der Waals surface area contributed by atoms with E-state index in [1.807, 2.05) is 25.9 Å². The molecule has 2 atom stereocenters. The zero-order chi connectivity index (χ0) is 14.6. The van der Waals surface area contributed by atoms with Crippen molar-refractivity contribution >= 4 is 17.7 Å². The van der Waals surface area contributed by atoms with Crippen molar-refractivity contribution in [3.8, 4) is 0 Å². The van der Waals surface area contributed by atoms with Gasteiger partial charge < -0.3 is 10.2 Å². The Kier molecular flexibility index (Phi) is 6.18. The normalized spacial score (nSPS) is 24.3. The molecule has 1 aliphatic heterocycles. The number of carbonyl (C=O) groups excluding carboxylic acids is 1. The number of amides is 1. The lowest BCUT2D eigenvalue weighted by molar-refractivity contribution is -0.131. The summed E-state index contributed by atoms with van der Waals surface area (Å²) in [6.45, 7) is 8.99. The first-order chi connectivity index (χ1) is 8.74. The minimum absolute atomic E-state index is 0.0435. The van der Waals surface area contributed by atoms with Crippen LogP contribution >= 0.6 is 11.8 Å². The molecule has 1 saturated heterocycles.